The number of amides is 1. The lowest BCUT2D eigenvalue weighted by molar-refractivity contribution is 0.102. The minimum absolute atomic E-state index is 0.258. The van der Waals surface area contributed by atoms with Crippen molar-refractivity contribution in [3.63, 3.8) is 0 Å². The molecule has 0 spiro atoms. The minimum atomic E-state index is -0.359. The van der Waals surface area contributed by atoms with Gasteiger partial charge in [-0.1, -0.05) is 18.2 Å². The van der Waals surface area contributed by atoms with Crippen LogP contribution >= 0.6 is 0 Å². The monoisotopic (exact) mass is 254 g/mol. The zero-order valence-corrected chi connectivity index (χ0v) is 9.98. The van der Waals surface area contributed by atoms with Crippen molar-refractivity contribution in [2.75, 3.05) is 5.32 Å². The molecule has 2 N–H and O–H groups in total. The second kappa shape index (κ2) is 4.57. The van der Waals surface area contributed by atoms with E-state index >= 15 is 0 Å². The summed E-state index contributed by atoms with van der Waals surface area (Å²) >= 11 is 0. The Bertz CT molecular complexity index is 734. The fourth-order valence-electron chi connectivity index (χ4n) is 1.99. The zero-order chi connectivity index (χ0) is 13.2. The first kappa shape index (κ1) is 11.5. The Kier molecular flexibility index (Phi) is 2.76. The predicted octanol–water partition coefficient (Wildman–Crippen LogP) is 3.56. The van der Waals surface area contributed by atoms with E-state index in [0.717, 1.165) is 0 Å². The van der Waals surface area contributed by atoms with Crippen LogP contribution in [0.3, 0.4) is 0 Å². The second-order valence-electron chi connectivity index (χ2n) is 4.22. The lowest BCUT2D eigenvalue weighted by Crippen LogP contribution is -2.11. The predicted molar refractivity (Wildman–Crippen MR) is 72.7 cm³/mol. The fourth-order valence-corrected chi connectivity index (χ4v) is 1.99. The van der Waals surface area contributed by atoms with E-state index in [4.69, 9.17) is 0 Å². The van der Waals surface area contributed by atoms with Crippen LogP contribution in [0.4, 0.5) is 10.1 Å². The van der Waals surface area contributed by atoms with Gasteiger partial charge >= 0.3 is 0 Å². The summed E-state index contributed by atoms with van der Waals surface area (Å²) in [7, 11) is 0. The summed E-state index contributed by atoms with van der Waals surface area (Å²) in [6, 6.07) is 13.5. The van der Waals surface area contributed by atoms with Gasteiger partial charge in [-0.2, -0.15) is 0 Å². The number of anilines is 1. The molecule has 0 radical (unpaired) electrons. The van der Waals surface area contributed by atoms with Crippen molar-refractivity contribution in [2.24, 2.45) is 0 Å². The van der Waals surface area contributed by atoms with Crippen molar-refractivity contribution in [1.82, 2.24) is 4.98 Å². The molecule has 0 aliphatic rings. The number of fused-ring (bicyclic) bond motifs is 1. The molecule has 3 aromatic rings. The third-order valence-corrected chi connectivity index (χ3v) is 2.91. The average Bonchev–Trinajstić information content (AvgIpc) is 2.88. The molecule has 1 aromatic heterocycles. The van der Waals surface area contributed by atoms with Crippen molar-refractivity contribution >= 4 is 22.5 Å². The molecular formula is C15H11FN2O. The molecule has 0 saturated heterocycles. The van der Waals surface area contributed by atoms with E-state index in [1.807, 2.05) is 6.07 Å². The number of aromatic nitrogens is 1. The smallest absolute Gasteiger partial charge is 0.255 e. The molecule has 1 heterocycles. The van der Waals surface area contributed by atoms with Gasteiger partial charge in [-0.25, -0.2) is 4.39 Å². The summed E-state index contributed by atoms with van der Waals surface area (Å²) in [6.07, 6.45) is 1.66. The molecule has 4 heteroatoms. The van der Waals surface area contributed by atoms with Crippen LogP contribution in [0.1, 0.15) is 10.4 Å². The second-order valence-corrected chi connectivity index (χ2v) is 4.22. The first-order chi connectivity index (χ1) is 9.24. The minimum Gasteiger partial charge on any atom is -0.361 e. The molecule has 3 rings (SSSR count). The summed E-state index contributed by atoms with van der Waals surface area (Å²) in [5, 5.41) is 3.19. The largest absolute Gasteiger partial charge is 0.361 e. The highest BCUT2D eigenvalue weighted by Gasteiger charge is 2.08. The van der Waals surface area contributed by atoms with Crippen molar-refractivity contribution in [3.05, 3.63) is 66.1 Å². The number of aromatic amines is 1. The molecular weight excluding hydrogens is 243 g/mol. The van der Waals surface area contributed by atoms with E-state index in [-0.39, 0.29) is 11.7 Å². The number of hydrogen-bond acceptors (Lipinski definition) is 1. The molecule has 0 aliphatic heterocycles. The molecule has 1 amide bonds. The van der Waals surface area contributed by atoms with Gasteiger partial charge in [0.15, 0.2) is 0 Å². The van der Waals surface area contributed by atoms with E-state index in [1.54, 1.807) is 42.6 Å². The van der Waals surface area contributed by atoms with Gasteiger partial charge in [-0.05, 0) is 30.3 Å². The fraction of sp³-hybridized carbons (Fsp3) is 0. The van der Waals surface area contributed by atoms with Crippen LogP contribution in [0, 0.1) is 5.82 Å². The third kappa shape index (κ3) is 2.20. The topological polar surface area (TPSA) is 44.9 Å². The number of hydrogen-bond donors (Lipinski definition) is 2. The number of rotatable bonds is 2. The van der Waals surface area contributed by atoms with Gasteiger partial charge in [-0.15, -0.1) is 0 Å². The van der Waals surface area contributed by atoms with Crippen molar-refractivity contribution in [3.8, 4) is 0 Å². The summed E-state index contributed by atoms with van der Waals surface area (Å²) in [5.41, 5.74) is 1.62. The van der Waals surface area contributed by atoms with Crippen LogP contribution in [0.25, 0.3) is 10.9 Å². The van der Waals surface area contributed by atoms with Gasteiger partial charge < -0.3 is 10.3 Å². The van der Waals surface area contributed by atoms with Crippen molar-refractivity contribution in [1.29, 1.82) is 0 Å². The zero-order valence-electron chi connectivity index (χ0n) is 9.98. The molecule has 0 saturated carbocycles. The highest BCUT2D eigenvalue weighted by atomic mass is 19.1. The van der Waals surface area contributed by atoms with Crippen LogP contribution in [0.15, 0.2) is 54.7 Å². The van der Waals surface area contributed by atoms with E-state index in [9.17, 15) is 9.18 Å². The molecule has 0 fully saturated rings. The number of carbonyl (C=O) groups excluding carboxylic acids is 1. The van der Waals surface area contributed by atoms with Crippen LogP contribution in [0.5, 0.6) is 0 Å². The Hall–Kier alpha value is -2.62. The maximum absolute atomic E-state index is 13.8. The molecule has 0 unspecified atom stereocenters. The van der Waals surface area contributed by atoms with Crippen LogP contribution in [-0.2, 0) is 0 Å². The summed E-state index contributed by atoms with van der Waals surface area (Å²) in [4.78, 5) is 14.9. The van der Waals surface area contributed by atoms with Crippen LogP contribution in [0.2, 0.25) is 0 Å². The third-order valence-electron chi connectivity index (χ3n) is 2.91. The van der Waals surface area contributed by atoms with E-state index in [1.165, 1.54) is 6.07 Å². The van der Waals surface area contributed by atoms with E-state index in [0.29, 0.717) is 22.2 Å². The number of H-pyrrole nitrogens is 1. The Morgan fingerprint density at radius 3 is 2.68 bits per heavy atom. The average molecular weight is 254 g/mol. The first-order valence-electron chi connectivity index (χ1n) is 5.87. The Labute approximate surface area is 109 Å². The maximum atomic E-state index is 13.8. The number of halogens is 1. The number of benzene rings is 2. The lowest BCUT2D eigenvalue weighted by Gasteiger charge is -2.06. The quantitative estimate of drug-likeness (QED) is 0.721. The molecule has 94 valence electrons. The number of carbonyl (C=O) groups is 1. The summed E-state index contributed by atoms with van der Waals surface area (Å²) in [5.74, 6) is -0.618. The van der Waals surface area contributed by atoms with Crippen LogP contribution < -0.4 is 5.32 Å². The van der Waals surface area contributed by atoms with Crippen LogP contribution in [-0.4, -0.2) is 10.9 Å². The van der Waals surface area contributed by atoms with Gasteiger partial charge in [0.2, 0.25) is 0 Å². The molecule has 0 atom stereocenters. The van der Waals surface area contributed by atoms with Crippen molar-refractivity contribution in [2.45, 2.75) is 0 Å². The normalized spacial score (nSPS) is 10.6. The number of nitrogens with one attached hydrogen (secondary N) is 2. The van der Waals surface area contributed by atoms with Gasteiger partial charge in [0.1, 0.15) is 5.82 Å². The SMILES string of the molecule is O=C(Nc1cc(F)c2cc[nH]c2c1)c1ccccc1. The molecule has 2 aromatic carbocycles. The van der Waals surface area contributed by atoms with E-state index in [2.05, 4.69) is 10.3 Å². The van der Waals surface area contributed by atoms with Gasteiger partial charge in [-0.3, -0.25) is 4.79 Å². The molecule has 0 bridgehead atoms. The Morgan fingerprint density at radius 2 is 1.89 bits per heavy atom. The highest BCUT2D eigenvalue weighted by molar-refractivity contribution is 6.05. The molecule has 3 nitrogen and oxygen atoms in total. The van der Waals surface area contributed by atoms with Gasteiger partial charge in [0.25, 0.3) is 5.91 Å². The lowest BCUT2D eigenvalue weighted by atomic mass is 10.2. The highest BCUT2D eigenvalue weighted by Crippen LogP contribution is 2.22. The van der Waals surface area contributed by atoms with Gasteiger partial charge in [0.05, 0.1) is 5.52 Å². The molecule has 0 aliphatic carbocycles. The van der Waals surface area contributed by atoms with Crippen molar-refractivity contribution < 1.29 is 9.18 Å². The summed E-state index contributed by atoms with van der Waals surface area (Å²) < 4.78 is 13.8. The Balaban J connectivity index is 1.91. The summed E-state index contributed by atoms with van der Waals surface area (Å²) in [6.45, 7) is 0. The standard InChI is InChI=1S/C15H11FN2O/c16-13-8-11(9-14-12(13)6-7-17-14)18-15(19)10-4-2-1-3-5-10/h1-9,17H,(H,18,19). The first-order valence-corrected chi connectivity index (χ1v) is 5.87. The van der Waals surface area contributed by atoms with E-state index < -0.39 is 0 Å². The molecule has 19 heavy (non-hydrogen) atoms. The maximum Gasteiger partial charge on any atom is 0.255 e. The Morgan fingerprint density at radius 1 is 1.11 bits per heavy atom. The van der Waals surface area contributed by atoms with Gasteiger partial charge in [0, 0.05) is 22.8 Å².